The summed E-state index contributed by atoms with van der Waals surface area (Å²) in [5, 5.41) is 3.21. The average Bonchev–Trinajstić information content (AvgIpc) is 3.44. The van der Waals surface area contributed by atoms with E-state index in [1.165, 1.54) is 0 Å². The maximum absolute atomic E-state index is 12.7. The molecular formula is C19H20Cl2F3N3O. The van der Waals surface area contributed by atoms with Gasteiger partial charge < -0.3 is 5.32 Å². The Morgan fingerprint density at radius 3 is 2.64 bits per heavy atom. The summed E-state index contributed by atoms with van der Waals surface area (Å²) in [5.74, 6) is -1.35. The molecule has 0 heterocycles. The minimum absolute atomic E-state index is 0.155. The van der Waals surface area contributed by atoms with E-state index in [0.717, 1.165) is 25.5 Å². The molecule has 2 rings (SSSR count). The van der Waals surface area contributed by atoms with Crippen molar-refractivity contribution in [2.75, 3.05) is 6.54 Å². The lowest BCUT2D eigenvalue weighted by atomic mass is 9.94. The van der Waals surface area contributed by atoms with Crippen LogP contribution >= 0.6 is 23.2 Å². The van der Waals surface area contributed by atoms with Crippen molar-refractivity contribution in [2.45, 2.75) is 32.4 Å². The lowest BCUT2D eigenvalue weighted by Gasteiger charge is -2.18. The van der Waals surface area contributed by atoms with Crippen LogP contribution in [-0.2, 0) is 0 Å². The van der Waals surface area contributed by atoms with E-state index in [9.17, 15) is 18.0 Å². The van der Waals surface area contributed by atoms with Gasteiger partial charge >= 0.3 is 6.18 Å². The molecule has 0 spiro atoms. The minimum Gasteiger partial charge on any atom is -0.351 e. The Hall–Kier alpha value is -1.86. The number of carbonyl (C=O) groups excluding carboxylic acids is 1. The number of hydrogen-bond donors (Lipinski definition) is 1. The Bertz CT molecular complexity index is 802. The number of amidine groups is 1. The number of amides is 1. The fourth-order valence-corrected chi connectivity index (χ4v) is 3.03. The number of nitrogens with one attached hydrogen (secondary N) is 1. The van der Waals surface area contributed by atoms with E-state index in [2.05, 4.69) is 22.0 Å². The van der Waals surface area contributed by atoms with Crippen LogP contribution in [-0.4, -0.2) is 31.2 Å². The monoisotopic (exact) mass is 433 g/mol. The third-order valence-electron chi connectivity index (χ3n) is 4.46. The summed E-state index contributed by atoms with van der Waals surface area (Å²) in [5.41, 5.74) is 0.865. The first-order chi connectivity index (χ1) is 13.1. The fourth-order valence-electron chi connectivity index (χ4n) is 2.65. The molecule has 1 atom stereocenters. The number of nitrogens with zero attached hydrogens (tertiary/aromatic N) is 2. The van der Waals surface area contributed by atoms with Crippen LogP contribution in [0.4, 0.5) is 13.2 Å². The summed E-state index contributed by atoms with van der Waals surface area (Å²) in [7, 11) is 0. The summed E-state index contributed by atoms with van der Waals surface area (Å²) in [6, 6.07) is 4.75. The zero-order valence-corrected chi connectivity index (χ0v) is 16.7. The fraction of sp³-hybridized carbons (Fsp3) is 0.421. The zero-order valence-electron chi connectivity index (χ0n) is 15.2. The molecule has 1 unspecified atom stereocenters. The van der Waals surface area contributed by atoms with Crippen LogP contribution in [0.2, 0.25) is 10.0 Å². The summed E-state index contributed by atoms with van der Waals surface area (Å²) < 4.78 is 38.2. The first-order valence-corrected chi connectivity index (χ1v) is 9.39. The molecule has 1 saturated carbocycles. The average molecular weight is 434 g/mol. The van der Waals surface area contributed by atoms with Gasteiger partial charge in [0.2, 0.25) is 5.84 Å². The van der Waals surface area contributed by atoms with Crippen molar-refractivity contribution in [3.63, 3.8) is 0 Å². The quantitative estimate of drug-likeness (QED) is 0.434. The number of hydrogen-bond acceptors (Lipinski definition) is 2. The van der Waals surface area contributed by atoms with Crippen molar-refractivity contribution in [2.24, 2.45) is 21.8 Å². The van der Waals surface area contributed by atoms with E-state index in [1.807, 2.05) is 0 Å². The third-order valence-corrected chi connectivity index (χ3v) is 5.28. The van der Waals surface area contributed by atoms with Gasteiger partial charge in [-0.15, -0.1) is 0 Å². The van der Waals surface area contributed by atoms with Gasteiger partial charge in [-0.25, -0.2) is 9.98 Å². The smallest absolute Gasteiger partial charge is 0.351 e. The van der Waals surface area contributed by atoms with Crippen molar-refractivity contribution in [1.29, 1.82) is 0 Å². The Kier molecular flexibility index (Phi) is 7.66. The van der Waals surface area contributed by atoms with Crippen LogP contribution in [0.5, 0.6) is 0 Å². The maximum atomic E-state index is 12.7. The lowest BCUT2D eigenvalue weighted by Crippen LogP contribution is -2.30. The van der Waals surface area contributed by atoms with E-state index in [-0.39, 0.29) is 28.1 Å². The van der Waals surface area contributed by atoms with E-state index >= 15 is 0 Å². The van der Waals surface area contributed by atoms with Gasteiger partial charge in [0.05, 0.1) is 15.6 Å². The minimum atomic E-state index is -4.66. The second-order valence-electron chi connectivity index (χ2n) is 6.67. The van der Waals surface area contributed by atoms with Crippen LogP contribution in [0.15, 0.2) is 40.0 Å². The number of carbonyl (C=O) groups is 1. The molecule has 0 saturated heterocycles. The highest BCUT2D eigenvalue weighted by atomic mass is 35.5. The maximum Gasteiger partial charge on any atom is 0.451 e. The van der Waals surface area contributed by atoms with Crippen molar-refractivity contribution < 1.29 is 18.0 Å². The Balaban J connectivity index is 2.11. The molecular weight excluding hydrogens is 414 g/mol. The standard InChI is InChI=1S/C19H20Cl2F3N3O/c1-11(9-27-18(25-2)19(22,23)24)13(8-12-6-7-12)10-26-17(28)14-4-3-5-15(20)16(14)21/h3-5,9,12-13H,2,6-8,10H2,1H3,(H,26,28)/b11-9+,27-18-. The first kappa shape index (κ1) is 22.4. The van der Waals surface area contributed by atoms with Gasteiger partial charge in [-0.05, 0) is 44.0 Å². The Morgan fingerprint density at radius 1 is 1.39 bits per heavy atom. The first-order valence-electron chi connectivity index (χ1n) is 8.64. The highest BCUT2D eigenvalue weighted by Gasteiger charge is 2.35. The van der Waals surface area contributed by atoms with Gasteiger partial charge in [0.15, 0.2) is 0 Å². The third kappa shape index (κ3) is 6.34. The van der Waals surface area contributed by atoms with Crippen molar-refractivity contribution in [3.8, 4) is 0 Å². The van der Waals surface area contributed by atoms with E-state index in [0.29, 0.717) is 11.5 Å². The van der Waals surface area contributed by atoms with Gasteiger partial charge in [0.25, 0.3) is 5.91 Å². The van der Waals surface area contributed by atoms with Crippen LogP contribution in [0.1, 0.15) is 36.5 Å². The predicted molar refractivity (Wildman–Crippen MR) is 106 cm³/mol. The number of aliphatic imine (C=N–C) groups is 2. The molecule has 28 heavy (non-hydrogen) atoms. The van der Waals surface area contributed by atoms with E-state index in [1.54, 1.807) is 25.1 Å². The van der Waals surface area contributed by atoms with E-state index in [4.69, 9.17) is 23.2 Å². The van der Waals surface area contributed by atoms with Crippen molar-refractivity contribution in [3.05, 3.63) is 45.6 Å². The molecule has 1 aromatic rings. The van der Waals surface area contributed by atoms with Crippen LogP contribution < -0.4 is 5.32 Å². The second-order valence-corrected chi connectivity index (χ2v) is 7.45. The SMILES string of the molecule is C=N/C(=N\C=C(/C)C(CNC(=O)c1cccc(Cl)c1Cl)CC1CC1)C(F)(F)F. The van der Waals surface area contributed by atoms with Crippen molar-refractivity contribution in [1.82, 2.24) is 5.32 Å². The summed E-state index contributed by atoms with van der Waals surface area (Å²) in [6.45, 7) is 4.84. The summed E-state index contributed by atoms with van der Waals surface area (Å²) in [4.78, 5) is 18.8. The van der Waals surface area contributed by atoms with Gasteiger partial charge in [-0.2, -0.15) is 13.2 Å². The number of rotatable bonds is 7. The molecule has 4 nitrogen and oxygen atoms in total. The molecule has 152 valence electrons. The molecule has 1 aliphatic rings. The highest BCUT2D eigenvalue weighted by molar-refractivity contribution is 6.43. The summed E-state index contributed by atoms with van der Waals surface area (Å²) >= 11 is 12.0. The molecule has 0 aromatic heterocycles. The molecule has 0 aliphatic heterocycles. The van der Waals surface area contributed by atoms with Gasteiger partial charge in [-0.3, -0.25) is 4.79 Å². The van der Waals surface area contributed by atoms with Gasteiger partial charge in [0, 0.05) is 12.7 Å². The van der Waals surface area contributed by atoms with Crippen LogP contribution in [0, 0.1) is 11.8 Å². The predicted octanol–water partition coefficient (Wildman–Crippen LogP) is 5.70. The number of halogens is 5. The number of benzene rings is 1. The van der Waals surface area contributed by atoms with Crippen LogP contribution in [0.3, 0.4) is 0 Å². The molecule has 1 aliphatic carbocycles. The van der Waals surface area contributed by atoms with E-state index < -0.39 is 17.9 Å². The molecule has 9 heteroatoms. The topological polar surface area (TPSA) is 53.8 Å². The summed E-state index contributed by atoms with van der Waals surface area (Å²) in [6.07, 6.45) is -0.623. The van der Waals surface area contributed by atoms with Gasteiger partial charge in [-0.1, -0.05) is 47.7 Å². The van der Waals surface area contributed by atoms with Gasteiger partial charge in [0.1, 0.15) is 0 Å². The molecule has 1 aromatic carbocycles. The highest BCUT2D eigenvalue weighted by Crippen LogP contribution is 2.37. The molecule has 1 amide bonds. The largest absolute Gasteiger partial charge is 0.451 e. The zero-order chi connectivity index (χ0) is 20.9. The lowest BCUT2D eigenvalue weighted by molar-refractivity contribution is -0.0596. The van der Waals surface area contributed by atoms with Crippen LogP contribution in [0.25, 0.3) is 0 Å². The normalized spacial score (nSPS) is 16.6. The second kappa shape index (κ2) is 9.56. The van der Waals surface area contributed by atoms with Crippen molar-refractivity contribution >= 4 is 41.7 Å². The Morgan fingerprint density at radius 2 is 2.07 bits per heavy atom. The molecule has 0 bridgehead atoms. The Labute approximate surface area is 171 Å². The molecule has 0 radical (unpaired) electrons. The molecule has 1 fully saturated rings. The number of alkyl halides is 3. The molecule has 1 N–H and O–H groups in total.